The predicted molar refractivity (Wildman–Crippen MR) is 25.0 cm³/mol. The van der Waals surface area contributed by atoms with Crippen molar-refractivity contribution in [1.29, 1.82) is 0 Å². The number of hydrogen-bond donors (Lipinski definition) is 2. The van der Waals surface area contributed by atoms with Gasteiger partial charge in [-0.2, -0.15) is 0 Å². The molecule has 0 heterocycles. The fraction of sp³-hybridized carbons (Fsp3) is 1.00. The van der Waals surface area contributed by atoms with Crippen LogP contribution in [0.4, 0.5) is 0 Å². The molecule has 0 bridgehead atoms. The van der Waals surface area contributed by atoms with Crippen LogP contribution in [0.1, 0.15) is 0 Å². The second kappa shape index (κ2) is 15.9. The minimum Gasteiger partial charge on any atom is -1.00 e. The number of aliphatic hydroxyl groups excluding tert-OH is 2. The first-order valence-corrected chi connectivity index (χ1v) is 2.21. The van der Waals surface area contributed by atoms with E-state index in [-0.39, 0.29) is 44.5 Å². The van der Waals surface area contributed by atoms with Gasteiger partial charge < -0.3 is 27.4 Å². The van der Waals surface area contributed by atoms with Crippen LogP contribution in [0.3, 0.4) is 0 Å². The van der Waals surface area contributed by atoms with E-state index >= 15 is 0 Å². The van der Waals surface area contributed by atoms with Crippen LogP contribution in [0, 0.1) is 0 Å². The maximum atomic E-state index is 8.09. The first-order chi connectivity index (χ1) is 3.41. The average molecular weight is 149 g/mol. The van der Waals surface area contributed by atoms with Crippen LogP contribution >= 0.6 is 0 Å². The first-order valence-electron chi connectivity index (χ1n) is 2.21. The summed E-state index contributed by atoms with van der Waals surface area (Å²) < 4.78 is 4.63. The molecule has 0 radical (unpaired) electrons. The van der Waals surface area contributed by atoms with Crippen LogP contribution in [0.25, 0.3) is 0 Å². The SMILES string of the molecule is OCCOCCO.[Cl-].[Li+]. The van der Waals surface area contributed by atoms with E-state index in [1.807, 2.05) is 0 Å². The van der Waals surface area contributed by atoms with Gasteiger partial charge in [-0.25, -0.2) is 0 Å². The molecular formula is C4H10ClLiO3. The fourth-order valence-electron chi connectivity index (χ4n) is 0.231. The topological polar surface area (TPSA) is 49.7 Å². The quantitative estimate of drug-likeness (QED) is 0.308. The van der Waals surface area contributed by atoms with E-state index in [9.17, 15) is 0 Å². The second-order valence-electron chi connectivity index (χ2n) is 1.06. The van der Waals surface area contributed by atoms with E-state index in [1.54, 1.807) is 0 Å². The Morgan fingerprint density at radius 3 is 1.56 bits per heavy atom. The van der Waals surface area contributed by atoms with E-state index in [1.165, 1.54) is 0 Å². The summed E-state index contributed by atoms with van der Waals surface area (Å²) in [5.74, 6) is 0. The van der Waals surface area contributed by atoms with Gasteiger partial charge in [-0.15, -0.1) is 0 Å². The molecule has 0 aromatic carbocycles. The Hall–Kier alpha value is 0.767. The van der Waals surface area contributed by atoms with Gasteiger partial charge in [0.2, 0.25) is 0 Å². The van der Waals surface area contributed by atoms with Crippen LogP contribution in [-0.2, 0) is 4.74 Å². The molecule has 52 valence electrons. The van der Waals surface area contributed by atoms with Crippen molar-refractivity contribution >= 4 is 0 Å². The Morgan fingerprint density at radius 2 is 1.33 bits per heavy atom. The molecule has 0 unspecified atom stereocenters. The van der Waals surface area contributed by atoms with Crippen LogP contribution in [-0.4, -0.2) is 36.6 Å². The van der Waals surface area contributed by atoms with Crippen molar-refractivity contribution in [2.45, 2.75) is 0 Å². The first kappa shape index (κ1) is 16.4. The normalized spacial score (nSPS) is 7.33. The van der Waals surface area contributed by atoms with E-state index in [4.69, 9.17) is 10.2 Å². The van der Waals surface area contributed by atoms with Gasteiger partial charge in [-0.3, -0.25) is 0 Å². The smallest absolute Gasteiger partial charge is 1.00 e. The molecule has 0 spiro atoms. The molecule has 0 aromatic heterocycles. The molecule has 5 heteroatoms. The number of ether oxygens (including phenoxy) is 1. The van der Waals surface area contributed by atoms with Gasteiger partial charge in [-0.1, -0.05) is 0 Å². The fourth-order valence-corrected chi connectivity index (χ4v) is 0.231. The van der Waals surface area contributed by atoms with Crippen LogP contribution in [0.5, 0.6) is 0 Å². The van der Waals surface area contributed by atoms with Crippen molar-refractivity contribution in [1.82, 2.24) is 0 Å². The van der Waals surface area contributed by atoms with Crippen LogP contribution in [0.15, 0.2) is 0 Å². The van der Waals surface area contributed by atoms with Crippen molar-refractivity contribution in [3.05, 3.63) is 0 Å². The number of rotatable bonds is 4. The molecule has 0 fully saturated rings. The number of halogens is 1. The Morgan fingerprint density at radius 1 is 1.00 bits per heavy atom. The molecule has 2 N–H and O–H groups in total. The van der Waals surface area contributed by atoms with Gasteiger partial charge in [0.15, 0.2) is 0 Å². The molecule has 0 saturated heterocycles. The molecule has 0 aliphatic carbocycles. The Bertz CT molecular complexity index is 35.0. The Kier molecular flexibility index (Phi) is 29.0. The third-order valence-corrected chi connectivity index (χ3v) is 0.471. The molecule has 0 atom stereocenters. The number of hydrogen-bond acceptors (Lipinski definition) is 3. The van der Waals surface area contributed by atoms with Crippen LogP contribution in [0.2, 0.25) is 0 Å². The molecule has 0 saturated carbocycles. The van der Waals surface area contributed by atoms with Crippen molar-refractivity contribution in [3.8, 4) is 0 Å². The molecule has 0 rings (SSSR count). The zero-order valence-corrected chi connectivity index (χ0v) is 6.26. The summed E-state index contributed by atoms with van der Waals surface area (Å²) >= 11 is 0. The van der Waals surface area contributed by atoms with Gasteiger partial charge >= 0.3 is 18.9 Å². The van der Waals surface area contributed by atoms with Crippen molar-refractivity contribution < 1.29 is 46.2 Å². The Balaban J connectivity index is -0.000000180. The standard InChI is InChI=1S/C4H10O3.ClH.Li/c5-1-3-7-4-2-6;;/h5-6H,1-4H2;1H;/q;;+1/p-1. The van der Waals surface area contributed by atoms with Gasteiger partial charge in [-0.05, 0) is 0 Å². The zero-order chi connectivity index (χ0) is 5.54. The van der Waals surface area contributed by atoms with Crippen LogP contribution < -0.4 is 31.3 Å². The maximum Gasteiger partial charge on any atom is 1.00 e. The van der Waals surface area contributed by atoms with Gasteiger partial charge in [0.25, 0.3) is 0 Å². The molecular weight excluding hydrogens is 138 g/mol. The zero-order valence-electron chi connectivity index (χ0n) is 5.51. The predicted octanol–water partition coefficient (Wildman–Crippen LogP) is -7.00. The minimum atomic E-state index is 0. The maximum absolute atomic E-state index is 8.09. The summed E-state index contributed by atoms with van der Waals surface area (Å²) in [5, 5.41) is 16.2. The van der Waals surface area contributed by atoms with E-state index in [0.29, 0.717) is 13.2 Å². The number of aliphatic hydroxyl groups is 2. The molecule has 3 nitrogen and oxygen atoms in total. The van der Waals surface area contributed by atoms with Gasteiger partial charge in [0.1, 0.15) is 0 Å². The van der Waals surface area contributed by atoms with E-state index in [0.717, 1.165) is 0 Å². The summed E-state index contributed by atoms with van der Waals surface area (Å²) in [6.45, 7) is 0.696. The molecule has 0 aromatic rings. The molecule has 9 heavy (non-hydrogen) atoms. The summed E-state index contributed by atoms with van der Waals surface area (Å²) in [6.07, 6.45) is 0. The van der Waals surface area contributed by atoms with E-state index < -0.39 is 0 Å². The third kappa shape index (κ3) is 17.7. The van der Waals surface area contributed by atoms with Crippen molar-refractivity contribution in [2.75, 3.05) is 26.4 Å². The monoisotopic (exact) mass is 148 g/mol. The second-order valence-corrected chi connectivity index (χ2v) is 1.06. The van der Waals surface area contributed by atoms with Crippen molar-refractivity contribution in [2.24, 2.45) is 0 Å². The van der Waals surface area contributed by atoms with Crippen molar-refractivity contribution in [3.63, 3.8) is 0 Å². The summed E-state index contributed by atoms with van der Waals surface area (Å²) in [5.41, 5.74) is 0. The summed E-state index contributed by atoms with van der Waals surface area (Å²) in [6, 6.07) is 0. The molecule has 0 aliphatic heterocycles. The largest absolute Gasteiger partial charge is 1.00 e. The third-order valence-electron chi connectivity index (χ3n) is 0.471. The summed E-state index contributed by atoms with van der Waals surface area (Å²) in [4.78, 5) is 0. The average Bonchev–Trinajstić information content (AvgIpc) is 1.69. The van der Waals surface area contributed by atoms with Gasteiger partial charge in [0.05, 0.1) is 26.4 Å². The minimum absolute atomic E-state index is 0. The Labute approximate surface area is 73.0 Å². The van der Waals surface area contributed by atoms with Gasteiger partial charge in [0, 0.05) is 0 Å². The summed E-state index contributed by atoms with van der Waals surface area (Å²) in [7, 11) is 0. The molecule has 0 aliphatic rings. The molecule has 0 amide bonds. The van der Waals surface area contributed by atoms with E-state index in [2.05, 4.69) is 4.74 Å².